The van der Waals surface area contributed by atoms with Crippen molar-refractivity contribution in [3.63, 3.8) is 0 Å². The zero-order valence-corrected chi connectivity index (χ0v) is 11.1. The van der Waals surface area contributed by atoms with Crippen LogP contribution in [0.3, 0.4) is 0 Å². The van der Waals surface area contributed by atoms with Crippen LogP contribution >= 0.6 is 0 Å². The van der Waals surface area contributed by atoms with Crippen LogP contribution in [0.15, 0.2) is 22.8 Å². The molecule has 1 amide bonds. The maximum absolute atomic E-state index is 12.3. The monoisotopic (exact) mass is 250 g/mol. The molecule has 1 heterocycles. The van der Waals surface area contributed by atoms with Gasteiger partial charge in [0.05, 0.1) is 18.8 Å². The van der Waals surface area contributed by atoms with Gasteiger partial charge in [-0.25, -0.2) is 0 Å². The van der Waals surface area contributed by atoms with Crippen LogP contribution in [0.25, 0.3) is 0 Å². The van der Waals surface area contributed by atoms with Gasteiger partial charge in [0.25, 0.3) is 0 Å². The van der Waals surface area contributed by atoms with Crippen LogP contribution in [0.1, 0.15) is 38.9 Å². The summed E-state index contributed by atoms with van der Waals surface area (Å²) in [5.41, 5.74) is 5.99. The molecule has 2 N–H and O–H groups in total. The lowest BCUT2D eigenvalue weighted by Crippen LogP contribution is -2.45. The number of furan rings is 1. The lowest BCUT2D eigenvalue weighted by Gasteiger charge is -2.25. The first kappa shape index (κ1) is 13.1. The summed E-state index contributed by atoms with van der Waals surface area (Å²) in [5.74, 6) is 1.32. The van der Waals surface area contributed by atoms with E-state index in [4.69, 9.17) is 10.2 Å². The van der Waals surface area contributed by atoms with Gasteiger partial charge in [-0.15, -0.1) is 0 Å². The third kappa shape index (κ3) is 3.35. The van der Waals surface area contributed by atoms with Crippen molar-refractivity contribution >= 4 is 5.91 Å². The molecule has 1 atom stereocenters. The Morgan fingerprint density at radius 3 is 2.78 bits per heavy atom. The van der Waals surface area contributed by atoms with Crippen LogP contribution in [0.5, 0.6) is 0 Å². The summed E-state index contributed by atoms with van der Waals surface area (Å²) in [5, 5.41) is 0. The molecule has 0 radical (unpaired) electrons. The predicted octanol–water partition coefficient (Wildman–Crippen LogP) is 2.14. The average molecular weight is 250 g/mol. The van der Waals surface area contributed by atoms with Gasteiger partial charge in [0.15, 0.2) is 0 Å². The molecule has 0 spiro atoms. The van der Waals surface area contributed by atoms with Gasteiger partial charge in [0, 0.05) is 6.04 Å². The molecular weight excluding hydrogens is 228 g/mol. The zero-order valence-electron chi connectivity index (χ0n) is 11.1. The number of nitrogens with zero attached hydrogens (tertiary/aromatic N) is 1. The van der Waals surface area contributed by atoms with Gasteiger partial charge in [0.2, 0.25) is 5.91 Å². The van der Waals surface area contributed by atoms with Gasteiger partial charge in [-0.3, -0.25) is 4.79 Å². The van der Waals surface area contributed by atoms with E-state index in [9.17, 15) is 4.79 Å². The molecule has 0 aromatic carbocycles. The zero-order chi connectivity index (χ0) is 13.1. The van der Waals surface area contributed by atoms with Crippen LogP contribution < -0.4 is 5.73 Å². The maximum atomic E-state index is 12.3. The molecule has 1 fully saturated rings. The van der Waals surface area contributed by atoms with E-state index >= 15 is 0 Å². The summed E-state index contributed by atoms with van der Waals surface area (Å²) < 4.78 is 5.32. The third-order valence-corrected chi connectivity index (χ3v) is 3.22. The Morgan fingerprint density at radius 1 is 1.56 bits per heavy atom. The molecule has 1 aromatic rings. The van der Waals surface area contributed by atoms with E-state index in [0.717, 1.165) is 25.0 Å². The molecule has 4 heteroatoms. The Kier molecular flexibility index (Phi) is 4.07. The Balaban J connectivity index is 1.98. The van der Waals surface area contributed by atoms with E-state index in [0.29, 0.717) is 18.5 Å². The molecule has 0 bridgehead atoms. The molecule has 1 aromatic heterocycles. The highest BCUT2D eigenvalue weighted by Gasteiger charge is 2.35. The van der Waals surface area contributed by atoms with E-state index in [-0.39, 0.29) is 11.9 Å². The van der Waals surface area contributed by atoms with Gasteiger partial charge in [0.1, 0.15) is 5.76 Å². The number of hydrogen-bond donors (Lipinski definition) is 1. The Bertz CT molecular complexity index is 383. The van der Waals surface area contributed by atoms with Crippen LogP contribution in [0, 0.1) is 5.92 Å². The molecule has 0 saturated heterocycles. The highest BCUT2D eigenvalue weighted by Crippen LogP contribution is 2.29. The quantitative estimate of drug-likeness (QED) is 0.841. The van der Waals surface area contributed by atoms with Crippen molar-refractivity contribution in [3.8, 4) is 0 Å². The summed E-state index contributed by atoms with van der Waals surface area (Å²) in [6.45, 7) is 4.71. The van der Waals surface area contributed by atoms with Crippen molar-refractivity contribution in [2.75, 3.05) is 0 Å². The fraction of sp³-hybridized carbons (Fsp3) is 0.643. The van der Waals surface area contributed by atoms with E-state index in [1.165, 1.54) is 0 Å². The average Bonchev–Trinajstić information content (AvgIpc) is 3.02. The second-order valence-corrected chi connectivity index (χ2v) is 5.51. The van der Waals surface area contributed by atoms with Gasteiger partial charge in [-0.1, -0.05) is 13.8 Å². The molecule has 4 nitrogen and oxygen atoms in total. The summed E-state index contributed by atoms with van der Waals surface area (Å²) in [4.78, 5) is 14.2. The van der Waals surface area contributed by atoms with Crippen LogP contribution in [-0.2, 0) is 11.3 Å². The number of amides is 1. The van der Waals surface area contributed by atoms with E-state index in [2.05, 4.69) is 13.8 Å². The van der Waals surface area contributed by atoms with Gasteiger partial charge < -0.3 is 15.1 Å². The molecule has 0 aliphatic heterocycles. The molecule has 18 heavy (non-hydrogen) atoms. The topological polar surface area (TPSA) is 59.5 Å². The smallest absolute Gasteiger partial charge is 0.240 e. The van der Waals surface area contributed by atoms with Gasteiger partial charge in [-0.05, 0) is 37.3 Å². The maximum Gasteiger partial charge on any atom is 0.240 e. The molecule has 1 aliphatic rings. The van der Waals surface area contributed by atoms with E-state index in [1.54, 1.807) is 6.26 Å². The van der Waals surface area contributed by atoms with Crippen molar-refractivity contribution in [1.29, 1.82) is 0 Å². The van der Waals surface area contributed by atoms with Crippen molar-refractivity contribution in [2.45, 2.75) is 51.7 Å². The predicted molar refractivity (Wildman–Crippen MR) is 69.7 cm³/mol. The summed E-state index contributed by atoms with van der Waals surface area (Å²) in [7, 11) is 0. The molecule has 0 unspecified atom stereocenters. The molecule has 1 saturated carbocycles. The number of rotatable bonds is 6. The first-order valence-corrected chi connectivity index (χ1v) is 6.66. The summed E-state index contributed by atoms with van der Waals surface area (Å²) in [6.07, 6.45) is 4.54. The Hall–Kier alpha value is -1.29. The largest absolute Gasteiger partial charge is 0.467 e. The van der Waals surface area contributed by atoms with E-state index in [1.807, 2.05) is 17.0 Å². The van der Waals surface area contributed by atoms with Crippen LogP contribution in [-0.4, -0.2) is 22.9 Å². The highest BCUT2D eigenvalue weighted by molar-refractivity contribution is 5.82. The Labute approximate surface area is 108 Å². The minimum atomic E-state index is -0.388. The SMILES string of the molecule is CC(C)C[C@@H](N)C(=O)N(Cc1ccco1)C1CC1. The normalized spacial score (nSPS) is 16.9. The first-order chi connectivity index (χ1) is 8.58. The first-order valence-electron chi connectivity index (χ1n) is 6.66. The highest BCUT2D eigenvalue weighted by atomic mass is 16.3. The van der Waals surface area contributed by atoms with E-state index < -0.39 is 0 Å². The van der Waals surface area contributed by atoms with Gasteiger partial charge >= 0.3 is 0 Å². The van der Waals surface area contributed by atoms with Gasteiger partial charge in [-0.2, -0.15) is 0 Å². The third-order valence-electron chi connectivity index (χ3n) is 3.22. The molecule has 1 aliphatic carbocycles. The second kappa shape index (κ2) is 5.57. The molecule has 100 valence electrons. The number of nitrogens with two attached hydrogens (primary N) is 1. The molecule has 2 rings (SSSR count). The summed E-state index contributed by atoms with van der Waals surface area (Å²) >= 11 is 0. The minimum Gasteiger partial charge on any atom is -0.467 e. The number of carbonyl (C=O) groups excluding carboxylic acids is 1. The van der Waals surface area contributed by atoms with Crippen molar-refractivity contribution in [1.82, 2.24) is 4.90 Å². The number of carbonyl (C=O) groups is 1. The van der Waals surface area contributed by atoms with Crippen LogP contribution in [0.4, 0.5) is 0 Å². The fourth-order valence-electron chi connectivity index (χ4n) is 2.17. The van der Waals surface area contributed by atoms with Crippen molar-refractivity contribution in [3.05, 3.63) is 24.2 Å². The van der Waals surface area contributed by atoms with Crippen molar-refractivity contribution in [2.24, 2.45) is 11.7 Å². The minimum absolute atomic E-state index is 0.0580. The lowest BCUT2D eigenvalue weighted by atomic mass is 10.0. The second-order valence-electron chi connectivity index (χ2n) is 5.51. The molecular formula is C14H22N2O2. The van der Waals surface area contributed by atoms with Crippen molar-refractivity contribution < 1.29 is 9.21 Å². The Morgan fingerprint density at radius 2 is 2.28 bits per heavy atom. The number of hydrogen-bond acceptors (Lipinski definition) is 3. The summed E-state index contributed by atoms with van der Waals surface area (Å²) in [6, 6.07) is 3.72. The van der Waals surface area contributed by atoms with Crippen LogP contribution in [0.2, 0.25) is 0 Å². The fourth-order valence-corrected chi connectivity index (χ4v) is 2.17. The lowest BCUT2D eigenvalue weighted by molar-refractivity contribution is -0.134. The standard InChI is InChI=1S/C14H22N2O2/c1-10(2)8-13(15)14(17)16(11-5-6-11)9-12-4-3-7-18-12/h3-4,7,10-11,13H,5-6,8-9,15H2,1-2H3/t13-/m1/s1.